The molecule has 0 radical (unpaired) electrons. The van der Waals surface area contributed by atoms with Gasteiger partial charge in [0, 0.05) is 17.2 Å². The number of hydrogen-bond acceptors (Lipinski definition) is 3. The van der Waals surface area contributed by atoms with Crippen molar-refractivity contribution < 1.29 is 4.79 Å². The molecule has 1 heterocycles. The van der Waals surface area contributed by atoms with Gasteiger partial charge in [0.05, 0.1) is 5.56 Å². The van der Waals surface area contributed by atoms with E-state index in [-0.39, 0.29) is 11.1 Å². The zero-order chi connectivity index (χ0) is 12.0. The Morgan fingerprint density at radius 1 is 1.69 bits per heavy atom. The molecule has 16 heavy (non-hydrogen) atoms. The molecule has 6 heteroatoms. The summed E-state index contributed by atoms with van der Waals surface area (Å²) in [5.41, 5.74) is 0.403. The van der Waals surface area contributed by atoms with Crippen LogP contribution in [0.4, 0.5) is 0 Å². The summed E-state index contributed by atoms with van der Waals surface area (Å²) in [4.78, 5) is 15.6. The van der Waals surface area contributed by atoms with Gasteiger partial charge in [-0.05, 0) is 40.4 Å². The van der Waals surface area contributed by atoms with Crippen LogP contribution in [-0.2, 0) is 0 Å². The Morgan fingerprint density at radius 3 is 3.12 bits per heavy atom. The van der Waals surface area contributed by atoms with Gasteiger partial charge >= 0.3 is 0 Å². The van der Waals surface area contributed by atoms with Crippen molar-refractivity contribution in [2.24, 2.45) is 0 Å². The summed E-state index contributed by atoms with van der Waals surface area (Å²) < 4.78 is 0.742. The molecule has 1 N–H and O–H groups in total. The maximum absolute atomic E-state index is 11.7. The summed E-state index contributed by atoms with van der Waals surface area (Å²) in [5.74, 6) is 0.852. The van der Waals surface area contributed by atoms with Gasteiger partial charge in [-0.1, -0.05) is 11.6 Å². The highest BCUT2D eigenvalue weighted by molar-refractivity contribution is 9.10. The van der Waals surface area contributed by atoms with Crippen LogP contribution in [-0.4, -0.2) is 29.4 Å². The van der Waals surface area contributed by atoms with Gasteiger partial charge in [0.2, 0.25) is 0 Å². The number of rotatable bonds is 5. The standard InChI is InChI=1S/C10H12BrClN2OS/c1-16-4-2-3-13-10(15)8-5-7(11)6-14-9(8)12/h5-6H,2-4H2,1H3,(H,13,15). The van der Waals surface area contributed by atoms with E-state index in [9.17, 15) is 4.79 Å². The quantitative estimate of drug-likeness (QED) is 0.669. The maximum Gasteiger partial charge on any atom is 0.254 e. The monoisotopic (exact) mass is 322 g/mol. The largest absolute Gasteiger partial charge is 0.352 e. The molecule has 1 amide bonds. The molecule has 0 bridgehead atoms. The molecule has 1 aromatic rings. The highest BCUT2D eigenvalue weighted by atomic mass is 79.9. The van der Waals surface area contributed by atoms with Gasteiger partial charge in [0.15, 0.2) is 0 Å². The molecule has 0 saturated carbocycles. The van der Waals surface area contributed by atoms with Gasteiger partial charge in [0.25, 0.3) is 5.91 Å². The minimum atomic E-state index is -0.181. The molecule has 0 atom stereocenters. The number of nitrogens with zero attached hydrogens (tertiary/aromatic N) is 1. The summed E-state index contributed by atoms with van der Waals surface area (Å²) in [6.07, 6.45) is 4.55. The molecule has 1 rings (SSSR count). The van der Waals surface area contributed by atoms with E-state index in [0.717, 1.165) is 16.6 Å². The van der Waals surface area contributed by atoms with Crippen molar-refractivity contribution in [2.45, 2.75) is 6.42 Å². The first-order chi connectivity index (χ1) is 7.65. The van der Waals surface area contributed by atoms with Crippen molar-refractivity contribution in [3.05, 3.63) is 27.5 Å². The number of amides is 1. The number of aromatic nitrogens is 1. The summed E-state index contributed by atoms with van der Waals surface area (Å²) in [7, 11) is 0. The molecule has 0 unspecified atom stereocenters. The molecule has 0 saturated heterocycles. The minimum Gasteiger partial charge on any atom is -0.352 e. The van der Waals surface area contributed by atoms with Crippen LogP contribution in [0, 0.1) is 0 Å². The van der Waals surface area contributed by atoms with E-state index < -0.39 is 0 Å². The van der Waals surface area contributed by atoms with Gasteiger partial charge in [-0.25, -0.2) is 4.98 Å². The first kappa shape index (κ1) is 13.8. The highest BCUT2D eigenvalue weighted by Gasteiger charge is 2.11. The lowest BCUT2D eigenvalue weighted by Gasteiger charge is -2.06. The smallest absolute Gasteiger partial charge is 0.254 e. The van der Waals surface area contributed by atoms with E-state index in [2.05, 4.69) is 26.2 Å². The number of halogens is 2. The van der Waals surface area contributed by atoms with Gasteiger partial charge in [-0.2, -0.15) is 11.8 Å². The summed E-state index contributed by atoms with van der Waals surface area (Å²) in [6.45, 7) is 0.655. The normalized spacial score (nSPS) is 10.2. The molecule has 0 aliphatic heterocycles. The van der Waals surface area contributed by atoms with Crippen LogP contribution in [0.2, 0.25) is 5.15 Å². The van der Waals surface area contributed by atoms with Crippen molar-refractivity contribution in [2.75, 3.05) is 18.6 Å². The zero-order valence-electron chi connectivity index (χ0n) is 8.80. The van der Waals surface area contributed by atoms with Crippen molar-refractivity contribution in [1.29, 1.82) is 0 Å². The van der Waals surface area contributed by atoms with E-state index in [4.69, 9.17) is 11.6 Å². The van der Waals surface area contributed by atoms with Crippen LogP contribution in [0.5, 0.6) is 0 Å². The van der Waals surface area contributed by atoms with Gasteiger partial charge in [0.1, 0.15) is 5.15 Å². The number of hydrogen-bond donors (Lipinski definition) is 1. The van der Waals surface area contributed by atoms with Gasteiger partial charge in [-0.15, -0.1) is 0 Å². The molecule has 88 valence electrons. The lowest BCUT2D eigenvalue weighted by molar-refractivity contribution is 0.0953. The SMILES string of the molecule is CSCCCNC(=O)c1cc(Br)cnc1Cl. The van der Waals surface area contributed by atoms with Crippen molar-refractivity contribution >= 4 is 45.2 Å². The Labute approximate surface area is 112 Å². The second-order valence-corrected chi connectivity index (χ2v) is 5.35. The zero-order valence-corrected chi connectivity index (χ0v) is 12.0. The van der Waals surface area contributed by atoms with Crippen LogP contribution >= 0.6 is 39.3 Å². The Balaban J connectivity index is 2.55. The van der Waals surface area contributed by atoms with Crippen molar-refractivity contribution in [3.63, 3.8) is 0 Å². The molecule has 0 aromatic carbocycles. The second-order valence-electron chi connectivity index (χ2n) is 3.09. The number of nitrogens with one attached hydrogen (secondary N) is 1. The third-order valence-corrected chi connectivity index (χ3v) is 3.29. The third-order valence-electron chi connectivity index (χ3n) is 1.86. The lowest BCUT2D eigenvalue weighted by atomic mass is 10.2. The number of carbonyl (C=O) groups excluding carboxylic acids is 1. The molecule has 0 aliphatic carbocycles. The molecule has 0 fully saturated rings. The second kappa shape index (κ2) is 7.14. The fraction of sp³-hybridized carbons (Fsp3) is 0.400. The predicted molar refractivity (Wildman–Crippen MR) is 72.3 cm³/mol. The highest BCUT2D eigenvalue weighted by Crippen LogP contribution is 2.17. The van der Waals surface area contributed by atoms with E-state index in [0.29, 0.717) is 12.1 Å². The Bertz CT molecular complexity index is 376. The van der Waals surface area contributed by atoms with Gasteiger partial charge in [-0.3, -0.25) is 4.79 Å². The number of carbonyl (C=O) groups is 1. The molecule has 3 nitrogen and oxygen atoms in total. The number of pyridine rings is 1. The fourth-order valence-corrected chi connectivity index (χ4v) is 2.05. The molecule has 0 spiro atoms. The van der Waals surface area contributed by atoms with Gasteiger partial charge < -0.3 is 5.32 Å². The van der Waals surface area contributed by atoms with Crippen LogP contribution in [0.25, 0.3) is 0 Å². The molecular formula is C10H12BrClN2OS. The molecular weight excluding hydrogens is 312 g/mol. The summed E-state index contributed by atoms with van der Waals surface area (Å²) in [6, 6.07) is 1.67. The third kappa shape index (κ3) is 4.31. The van der Waals surface area contributed by atoms with Crippen LogP contribution < -0.4 is 5.32 Å². The predicted octanol–water partition coefficient (Wildman–Crippen LogP) is 2.98. The number of thioether (sulfide) groups is 1. The molecule has 0 aliphatic rings. The van der Waals surface area contributed by atoms with Crippen molar-refractivity contribution in [3.8, 4) is 0 Å². The van der Waals surface area contributed by atoms with Crippen LogP contribution in [0.1, 0.15) is 16.8 Å². The molecule has 1 aromatic heterocycles. The Kier molecular flexibility index (Phi) is 6.16. The average molecular weight is 324 g/mol. The van der Waals surface area contributed by atoms with Crippen LogP contribution in [0.15, 0.2) is 16.7 Å². The first-order valence-electron chi connectivity index (χ1n) is 4.73. The Morgan fingerprint density at radius 2 is 2.44 bits per heavy atom. The van der Waals surface area contributed by atoms with E-state index in [1.54, 1.807) is 24.0 Å². The van der Waals surface area contributed by atoms with Crippen molar-refractivity contribution in [1.82, 2.24) is 10.3 Å². The topological polar surface area (TPSA) is 42.0 Å². The Hall–Kier alpha value is -0.260. The van der Waals surface area contributed by atoms with E-state index >= 15 is 0 Å². The van der Waals surface area contributed by atoms with E-state index in [1.807, 2.05) is 6.26 Å². The summed E-state index contributed by atoms with van der Waals surface area (Å²) in [5, 5.41) is 3.03. The fourth-order valence-electron chi connectivity index (χ4n) is 1.10. The van der Waals surface area contributed by atoms with Crippen LogP contribution in [0.3, 0.4) is 0 Å². The maximum atomic E-state index is 11.7. The lowest BCUT2D eigenvalue weighted by Crippen LogP contribution is -2.25. The summed E-state index contributed by atoms with van der Waals surface area (Å²) >= 11 is 10.8. The average Bonchev–Trinajstić information content (AvgIpc) is 2.27. The first-order valence-corrected chi connectivity index (χ1v) is 7.30. The van der Waals surface area contributed by atoms with E-state index in [1.165, 1.54) is 0 Å². The minimum absolute atomic E-state index is 0.181.